The third kappa shape index (κ3) is 2.46. The molecule has 1 aromatic heterocycles. The molecule has 3 rings (SSSR count). The molecule has 1 aliphatic rings. The molecule has 1 aromatic carbocycles. The Morgan fingerprint density at radius 1 is 1.39 bits per heavy atom. The lowest BCUT2D eigenvalue weighted by Gasteiger charge is -2.29. The molecule has 0 spiro atoms. The zero-order valence-electron chi connectivity index (χ0n) is 10.0. The van der Waals surface area contributed by atoms with Gasteiger partial charge >= 0.3 is 0 Å². The summed E-state index contributed by atoms with van der Waals surface area (Å²) in [5, 5.41) is 2.22. The lowest BCUT2D eigenvalue weighted by molar-refractivity contribution is 0.246. The van der Waals surface area contributed by atoms with E-state index < -0.39 is 0 Å². The van der Waals surface area contributed by atoms with Gasteiger partial charge in [-0.05, 0) is 56.6 Å². The van der Waals surface area contributed by atoms with E-state index in [-0.39, 0.29) is 0 Å². The van der Waals surface area contributed by atoms with Gasteiger partial charge < -0.3 is 5.73 Å². The van der Waals surface area contributed by atoms with Crippen molar-refractivity contribution in [3.05, 3.63) is 50.1 Å². The molecule has 0 saturated heterocycles. The van der Waals surface area contributed by atoms with E-state index in [1.807, 2.05) is 6.07 Å². The normalized spacial score (nSPS) is 15.6. The van der Waals surface area contributed by atoms with Crippen LogP contribution in [0.3, 0.4) is 0 Å². The molecule has 2 aromatic rings. The Hall–Kier alpha value is -0.840. The zero-order valence-corrected chi connectivity index (χ0v) is 12.4. The van der Waals surface area contributed by atoms with E-state index in [9.17, 15) is 0 Å². The Kier molecular flexibility index (Phi) is 3.41. The molecule has 94 valence electrons. The fraction of sp³-hybridized carbons (Fsp3) is 0.286. The monoisotopic (exact) mass is 322 g/mol. The van der Waals surface area contributed by atoms with Crippen molar-refractivity contribution in [1.82, 2.24) is 4.90 Å². The minimum atomic E-state index is 0.949. The van der Waals surface area contributed by atoms with E-state index in [1.165, 1.54) is 20.5 Å². The van der Waals surface area contributed by atoms with E-state index in [0.717, 1.165) is 31.7 Å². The average Bonchev–Trinajstić information content (AvgIpc) is 2.75. The molecule has 0 radical (unpaired) electrons. The SMILES string of the molecule is Nc1cccc2c1CCN(Cc1csc(Br)c1)C2. The molecule has 2 N–H and O–H groups in total. The standard InChI is InChI=1S/C14H15BrN2S/c15-14-6-10(9-18-14)7-17-5-4-12-11(8-17)2-1-3-13(12)16/h1-3,6,9H,4-5,7-8,16H2. The number of halogens is 1. The molecule has 2 nitrogen and oxygen atoms in total. The first-order chi connectivity index (χ1) is 8.72. The quantitative estimate of drug-likeness (QED) is 0.855. The van der Waals surface area contributed by atoms with Crippen LogP contribution in [-0.4, -0.2) is 11.4 Å². The highest BCUT2D eigenvalue weighted by atomic mass is 79.9. The van der Waals surface area contributed by atoms with Crippen LogP contribution >= 0.6 is 27.3 Å². The molecule has 18 heavy (non-hydrogen) atoms. The molecule has 0 atom stereocenters. The van der Waals surface area contributed by atoms with Gasteiger partial charge in [0.15, 0.2) is 0 Å². The van der Waals surface area contributed by atoms with E-state index in [0.29, 0.717) is 0 Å². The molecular weight excluding hydrogens is 308 g/mol. The maximum atomic E-state index is 6.02. The highest BCUT2D eigenvalue weighted by molar-refractivity contribution is 9.11. The summed E-state index contributed by atoms with van der Waals surface area (Å²) < 4.78 is 1.21. The number of nitrogens with two attached hydrogens (primary N) is 1. The van der Waals surface area contributed by atoms with Crippen molar-refractivity contribution in [1.29, 1.82) is 0 Å². The molecule has 0 unspecified atom stereocenters. The second-order valence-electron chi connectivity index (χ2n) is 4.70. The van der Waals surface area contributed by atoms with Crippen LogP contribution in [0.1, 0.15) is 16.7 Å². The summed E-state index contributed by atoms with van der Waals surface area (Å²) in [6, 6.07) is 8.46. The topological polar surface area (TPSA) is 29.3 Å². The smallest absolute Gasteiger partial charge is 0.0701 e. The first-order valence-electron chi connectivity index (χ1n) is 6.04. The summed E-state index contributed by atoms with van der Waals surface area (Å²) in [6.07, 6.45) is 1.06. The van der Waals surface area contributed by atoms with Gasteiger partial charge in [-0.1, -0.05) is 12.1 Å². The minimum Gasteiger partial charge on any atom is -0.398 e. The Labute approximate surface area is 120 Å². The molecule has 0 fully saturated rings. The number of nitrogens with zero attached hydrogens (tertiary/aromatic N) is 1. The molecular formula is C14H15BrN2S. The van der Waals surface area contributed by atoms with Crippen LogP contribution in [0.2, 0.25) is 0 Å². The number of thiophene rings is 1. The Balaban J connectivity index is 1.75. The highest BCUT2D eigenvalue weighted by Crippen LogP contribution is 2.27. The third-order valence-corrected chi connectivity index (χ3v) is 4.96. The van der Waals surface area contributed by atoms with Crippen LogP contribution in [0.15, 0.2) is 33.4 Å². The first-order valence-corrected chi connectivity index (χ1v) is 7.71. The van der Waals surface area contributed by atoms with Crippen LogP contribution < -0.4 is 5.73 Å². The summed E-state index contributed by atoms with van der Waals surface area (Å²) in [6.45, 7) is 3.12. The average molecular weight is 323 g/mol. The molecule has 0 amide bonds. The number of nitrogen functional groups attached to an aromatic ring is 1. The molecule has 0 aliphatic carbocycles. The number of anilines is 1. The Morgan fingerprint density at radius 2 is 2.28 bits per heavy atom. The summed E-state index contributed by atoms with van der Waals surface area (Å²) >= 11 is 5.27. The van der Waals surface area contributed by atoms with Crippen LogP contribution in [0.25, 0.3) is 0 Å². The van der Waals surface area contributed by atoms with Crippen molar-refractivity contribution in [3.63, 3.8) is 0 Å². The molecule has 0 bridgehead atoms. The highest BCUT2D eigenvalue weighted by Gasteiger charge is 2.18. The lowest BCUT2D eigenvalue weighted by Crippen LogP contribution is -2.30. The van der Waals surface area contributed by atoms with Crippen molar-refractivity contribution >= 4 is 33.0 Å². The van der Waals surface area contributed by atoms with E-state index >= 15 is 0 Å². The van der Waals surface area contributed by atoms with Crippen molar-refractivity contribution in [2.24, 2.45) is 0 Å². The van der Waals surface area contributed by atoms with Gasteiger partial charge in [0.25, 0.3) is 0 Å². The summed E-state index contributed by atoms with van der Waals surface area (Å²) in [7, 11) is 0. The molecule has 2 heterocycles. The summed E-state index contributed by atoms with van der Waals surface area (Å²) in [5.41, 5.74) is 11.1. The van der Waals surface area contributed by atoms with E-state index in [1.54, 1.807) is 11.3 Å². The van der Waals surface area contributed by atoms with Crippen LogP contribution in [0.5, 0.6) is 0 Å². The second-order valence-corrected chi connectivity index (χ2v) is 7.00. The predicted molar refractivity (Wildman–Crippen MR) is 80.7 cm³/mol. The number of hydrogen-bond donors (Lipinski definition) is 1. The van der Waals surface area contributed by atoms with E-state index in [4.69, 9.17) is 5.73 Å². The maximum Gasteiger partial charge on any atom is 0.0701 e. The van der Waals surface area contributed by atoms with Gasteiger partial charge in [-0.3, -0.25) is 4.90 Å². The number of fused-ring (bicyclic) bond motifs is 1. The predicted octanol–water partition coefficient (Wildman–Crippen LogP) is 3.65. The van der Waals surface area contributed by atoms with Gasteiger partial charge in [0, 0.05) is 25.3 Å². The fourth-order valence-electron chi connectivity index (χ4n) is 2.52. The fourth-order valence-corrected chi connectivity index (χ4v) is 3.72. The molecule has 0 saturated carbocycles. The minimum absolute atomic E-state index is 0.949. The van der Waals surface area contributed by atoms with Crippen molar-refractivity contribution in [2.75, 3.05) is 12.3 Å². The largest absolute Gasteiger partial charge is 0.398 e. The number of rotatable bonds is 2. The summed E-state index contributed by atoms with van der Waals surface area (Å²) in [4.78, 5) is 2.48. The molecule has 1 aliphatic heterocycles. The number of hydrogen-bond acceptors (Lipinski definition) is 3. The van der Waals surface area contributed by atoms with Crippen molar-refractivity contribution < 1.29 is 0 Å². The van der Waals surface area contributed by atoms with Crippen molar-refractivity contribution in [2.45, 2.75) is 19.5 Å². The van der Waals surface area contributed by atoms with Crippen molar-refractivity contribution in [3.8, 4) is 0 Å². The van der Waals surface area contributed by atoms with Crippen LogP contribution in [0.4, 0.5) is 5.69 Å². The summed E-state index contributed by atoms with van der Waals surface area (Å²) in [5.74, 6) is 0. The number of benzene rings is 1. The lowest BCUT2D eigenvalue weighted by atomic mass is 9.98. The van der Waals surface area contributed by atoms with Gasteiger partial charge in [0.1, 0.15) is 0 Å². The Morgan fingerprint density at radius 3 is 3.06 bits per heavy atom. The first kappa shape index (κ1) is 12.2. The van der Waals surface area contributed by atoms with Crippen LogP contribution in [0, 0.1) is 0 Å². The maximum absolute atomic E-state index is 6.02. The van der Waals surface area contributed by atoms with Crippen LogP contribution in [-0.2, 0) is 19.5 Å². The van der Waals surface area contributed by atoms with Gasteiger partial charge in [0.2, 0.25) is 0 Å². The third-order valence-electron chi connectivity index (χ3n) is 3.41. The van der Waals surface area contributed by atoms with Gasteiger partial charge in [-0.15, -0.1) is 11.3 Å². The van der Waals surface area contributed by atoms with Gasteiger partial charge in [-0.2, -0.15) is 0 Å². The van der Waals surface area contributed by atoms with Gasteiger partial charge in [-0.25, -0.2) is 0 Å². The second kappa shape index (κ2) is 5.03. The van der Waals surface area contributed by atoms with E-state index in [2.05, 4.69) is 44.4 Å². The van der Waals surface area contributed by atoms with Gasteiger partial charge in [0.05, 0.1) is 3.79 Å². The molecule has 4 heteroatoms. The zero-order chi connectivity index (χ0) is 12.5. The Bertz CT molecular complexity index is 565.